The Kier molecular flexibility index (Phi) is 7.05. The number of rotatable bonds is 5. The Bertz CT molecular complexity index is 1760. The first-order valence-electron chi connectivity index (χ1n) is 15.2. The Morgan fingerprint density at radius 2 is 1.70 bits per heavy atom. The SMILES string of the molecule is CC(C)N(C(=O)c1cc(-c2cc3c(cc2C(=O)N2Cc4ccccc4C[C@H]2C)OCO3)n2c1CNCC2)c1ccc(O)cc1. The predicted molar refractivity (Wildman–Crippen MR) is 167 cm³/mol. The number of nitrogens with one attached hydrogen (secondary N) is 1. The summed E-state index contributed by atoms with van der Waals surface area (Å²) in [5.41, 5.74) is 6.61. The number of aromatic nitrogens is 1. The number of benzene rings is 3. The van der Waals surface area contributed by atoms with Crippen molar-refractivity contribution in [2.24, 2.45) is 0 Å². The summed E-state index contributed by atoms with van der Waals surface area (Å²) in [6.45, 7) is 8.56. The molecule has 3 aromatic carbocycles. The number of amides is 2. The lowest BCUT2D eigenvalue weighted by atomic mass is 9.93. The molecule has 0 saturated heterocycles. The number of ether oxygens (including phenoxy) is 2. The molecule has 9 nitrogen and oxygen atoms in total. The van der Waals surface area contributed by atoms with Crippen LogP contribution in [-0.4, -0.2) is 51.8 Å². The molecule has 9 heteroatoms. The molecule has 3 aliphatic rings. The van der Waals surface area contributed by atoms with Crippen LogP contribution in [-0.2, 0) is 26.1 Å². The highest BCUT2D eigenvalue weighted by Gasteiger charge is 2.34. The minimum atomic E-state index is -0.140. The molecule has 0 unspecified atom stereocenters. The van der Waals surface area contributed by atoms with Crippen LogP contribution in [0.5, 0.6) is 17.2 Å². The topological polar surface area (TPSA) is 96.3 Å². The number of aromatic hydroxyl groups is 1. The molecule has 44 heavy (non-hydrogen) atoms. The molecule has 0 aliphatic carbocycles. The Balaban J connectivity index is 1.34. The van der Waals surface area contributed by atoms with E-state index in [0.717, 1.165) is 29.9 Å². The van der Waals surface area contributed by atoms with Crippen molar-refractivity contribution in [2.45, 2.75) is 58.9 Å². The molecule has 2 N–H and O–H groups in total. The van der Waals surface area contributed by atoms with Gasteiger partial charge < -0.3 is 34.3 Å². The number of phenolic OH excluding ortho intramolecular Hbond substituents is 1. The highest BCUT2D eigenvalue weighted by atomic mass is 16.7. The average molecular weight is 593 g/mol. The van der Waals surface area contributed by atoms with Crippen LogP contribution in [0, 0.1) is 0 Å². The second-order valence-corrected chi connectivity index (χ2v) is 12.0. The highest BCUT2D eigenvalue weighted by molar-refractivity contribution is 6.09. The van der Waals surface area contributed by atoms with Crippen LogP contribution in [0.2, 0.25) is 0 Å². The molecule has 0 spiro atoms. The summed E-state index contributed by atoms with van der Waals surface area (Å²) in [4.78, 5) is 32.4. The van der Waals surface area contributed by atoms with E-state index in [9.17, 15) is 14.7 Å². The predicted octanol–water partition coefficient (Wildman–Crippen LogP) is 5.33. The van der Waals surface area contributed by atoms with Crippen LogP contribution in [0.4, 0.5) is 5.69 Å². The molecule has 0 fully saturated rings. The maximum absolute atomic E-state index is 14.4. The number of anilines is 1. The molecular formula is C35H36N4O5. The molecule has 7 rings (SSSR count). The van der Waals surface area contributed by atoms with Crippen molar-refractivity contribution in [3.63, 3.8) is 0 Å². The normalized spacial score (nSPS) is 16.9. The van der Waals surface area contributed by atoms with Crippen LogP contribution in [0.15, 0.2) is 66.7 Å². The smallest absolute Gasteiger partial charge is 0.260 e. The lowest BCUT2D eigenvalue weighted by Gasteiger charge is -2.35. The summed E-state index contributed by atoms with van der Waals surface area (Å²) in [5.74, 6) is 1.05. The minimum absolute atomic E-state index is 0.0168. The second-order valence-electron chi connectivity index (χ2n) is 12.0. The van der Waals surface area contributed by atoms with Crippen molar-refractivity contribution in [1.29, 1.82) is 0 Å². The number of carbonyl (C=O) groups excluding carboxylic acids is 2. The van der Waals surface area contributed by atoms with Gasteiger partial charge in [0, 0.05) is 55.2 Å². The molecule has 3 aliphatic heterocycles. The summed E-state index contributed by atoms with van der Waals surface area (Å²) < 4.78 is 13.7. The Hall–Kier alpha value is -4.76. The van der Waals surface area contributed by atoms with E-state index in [2.05, 4.69) is 28.9 Å². The van der Waals surface area contributed by atoms with Gasteiger partial charge in [-0.15, -0.1) is 0 Å². The molecule has 0 saturated carbocycles. The fraction of sp³-hybridized carbons (Fsp3) is 0.314. The fourth-order valence-corrected chi connectivity index (χ4v) is 6.67. The van der Waals surface area contributed by atoms with Crippen LogP contribution in [0.1, 0.15) is 58.3 Å². The number of phenols is 1. The van der Waals surface area contributed by atoms with Crippen molar-refractivity contribution in [2.75, 3.05) is 18.2 Å². The van der Waals surface area contributed by atoms with Crippen molar-refractivity contribution in [1.82, 2.24) is 14.8 Å². The average Bonchev–Trinajstić information content (AvgIpc) is 3.65. The Morgan fingerprint density at radius 3 is 2.45 bits per heavy atom. The van der Waals surface area contributed by atoms with Gasteiger partial charge in [-0.1, -0.05) is 24.3 Å². The van der Waals surface area contributed by atoms with Crippen molar-refractivity contribution in [3.8, 4) is 28.5 Å². The summed E-state index contributed by atoms with van der Waals surface area (Å²) in [7, 11) is 0. The van der Waals surface area contributed by atoms with Gasteiger partial charge in [0.25, 0.3) is 11.8 Å². The van der Waals surface area contributed by atoms with Crippen molar-refractivity contribution in [3.05, 3.63) is 94.7 Å². The molecule has 1 aromatic heterocycles. The van der Waals surface area contributed by atoms with Gasteiger partial charge in [0.2, 0.25) is 6.79 Å². The van der Waals surface area contributed by atoms with Crippen LogP contribution in [0.25, 0.3) is 11.3 Å². The fourth-order valence-electron chi connectivity index (χ4n) is 6.67. The highest BCUT2D eigenvalue weighted by Crippen LogP contribution is 2.42. The van der Waals surface area contributed by atoms with Crippen molar-refractivity contribution >= 4 is 17.5 Å². The van der Waals surface area contributed by atoms with Gasteiger partial charge >= 0.3 is 0 Å². The number of fused-ring (bicyclic) bond motifs is 3. The maximum Gasteiger partial charge on any atom is 0.260 e. The van der Waals surface area contributed by atoms with Gasteiger partial charge in [-0.3, -0.25) is 9.59 Å². The van der Waals surface area contributed by atoms with E-state index in [1.807, 2.05) is 43.0 Å². The number of nitrogens with zero attached hydrogens (tertiary/aromatic N) is 3. The monoisotopic (exact) mass is 592 g/mol. The summed E-state index contributed by atoms with van der Waals surface area (Å²) in [6.07, 6.45) is 0.787. The van der Waals surface area contributed by atoms with Crippen LogP contribution >= 0.6 is 0 Å². The molecule has 0 radical (unpaired) electrons. The zero-order valence-electron chi connectivity index (χ0n) is 25.2. The zero-order chi connectivity index (χ0) is 30.5. The van der Waals surface area contributed by atoms with Crippen LogP contribution in [0.3, 0.4) is 0 Å². The molecule has 4 aromatic rings. The van der Waals surface area contributed by atoms with Gasteiger partial charge in [-0.05, 0) is 80.8 Å². The van der Waals surface area contributed by atoms with E-state index in [-0.39, 0.29) is 36.4 Å². The molecular weight excluding hydrogens is 556 g/mol. The first kappa shape index (κ1) is 28.0. The maximum atomic E-state index is 14.4. The van der Waals surface area contributed by atoms with Gasteiger partial charge in [0.15, 0.2) is 11.5 Å². The van der Waals surface area contributed by atoms with E-state index < -0.39 is 0 Å². The van der Waals surface area contributed by atoms with E-state index in [4.69, 9.17) is 9.47 Å². The first-order chi connectivity index (χ1) is 21.3. The third-order valence-electron chi connectivity index (χ3n) is 8.89. The van der Waals surface area contributed by atoms with Gasteiger partial charge in [0.05, 0.1) is 16.8 Å². The number of hydrogen-bond acceptors (Lipinski definition) is 6. The third kappa shape index (κ3) is 4.77. The second kappa shape index (κ2) is 11.1. The zero-order valence-corrected chi connectivity index (χ0v) is 25.2. The minimum Gasteiger partial charge on any atom is -0.508 e. The van der Waals surface area contributed by atoms with Gasteiger partial charge in [-0.25, -0.2) is 0 Å². The van der Waals surface area contributed by atoms with E-state index in [1.165, 1.54) is 5.56 Å². The summed E-state index contributed by atoms with van der Waals surface area (Å²) >= 11 is 0. The molecule has 1 atom stereocenters. The van der Waals surface area contributed by atoms with E-state index >= 15 is 0 Å². The summed E-state index contributed by atoms with van der Waals surface area (Å²) in [5, 5.41) is 13.3. The molecule has 0 bridgehead atoms. The number of hydrogen-bond donors (Lipinski definition) is 2. The van der Waals surface area contributed by atoms with Crippen LogP contribution < -0.4 is 19.7 Å². The summed E-state index contributed by atoms with van der Waals surface area (Å²) in [6, 6.07) is 20.5. The first-order valence-corrected chi connectivity index (χ1v) is 15.2. The largest absolute Gasteiger partial charge is 0.508 e. The lowest BCUT2D eigenvalue weighted by Crippen LogP contribution is -2.42. The van der Waals surface area contributed by atoms with Gasteiger partial charge in [-0.2, -0.15) is 0 Å². The van der Waals surface area contributed by atoms with E-state index in [0.29, 0.717) is 53.5 Å². The molecule has 2 amide bonds. The third-order valence-corrected chi connectivity index (χ3v) is 8.89. The van der Waals surface area contributed by atoms with Gasteiger partial charge in [0.1, 0.15) is 5.75 Å². The number of carbonyl (C=O) groups is 2. The van der Waals surface area contributed by atoms with Crippen molar-refractivity contribution < 1.29 is 24.2 Å². The molecule has 226 valence electrons. The Morgan fingerprint density at radius 1 is 0.977 bits per heavy atom. The molecule has 4 heterocycles. The standard InChI is InChI=1S/C35H36N4O5/c1-21(2)39(25-8-10-26(40)11-9-25)35(42)29-15-30(37-13-12-36-18-31(29)37)27-16-32-33(44-20-43-32)17-28(27)34(41)38-19-24-7-5-4-6-23(24)14-22(38)3/h4-11,15-17,21-22,36,40H,12-14,18-20H2,1-3H3/t22-/m1/s1. The van der Waals surface area contributed by atoms with E-state index in [1.54, 1.807) is 35.2 Å². The Labute approximate surface area is 256 Å². The lowest BCUT2D eigenvalue weighted by molar-refractivity contribution is 0.0658. The quantitative estimate of drug-likeness (QED) is 0.325.